The van der Waals surface area contributed by atoms with Gasteiger partial charge < -0.3 is 15.2 Å². The van der Waals surface area contributed by atoms with Crippen molar-refractivity contribution in [3.63, 3.8) is 0 Å². The summed E-state index contributed by atoms with van der Waals surface area (Å²) in [5.41, 5.74) is 0. The maximum atomic E-state index is 4.27. The smallest absolute Gasteiger partial charge is 0.191 e. The Kier molecular flexibility index (Phi) is 8.47. The molecule has 2 rings (SSSR count). The molecular formula is C15H24IN5S. The van der Waals surface area contributed by atoms with Gasteiger partial charge in [-0.05, 0) is 26.0 Å². The Morgan fingerprint density at radius 1 is 1.45 bits per heavy atom. The predicted molar refractivity (Wildman–Crippen MR) is 104 cm³/mol. The van der Waals surface area contributed by atoms with Crippen LogP contribution in [0.2, 0.25) is 0 Å². The van der Waals surface area contributed by atoms with Crippen LogP contribution in [0, 0.1) is 6.92 Å². The lowest BCUT2D eigenvalue weighted by Crippen LogP contribution is -2.43. The molecule has 2 N–H and O–H groups in total. The molecule has 0 aromatic carbocycles. The molecule has 2 aromatic heterocycles. The van der Waals surface area contributed by atoms with Crippen molar-refractivity contribution in [2.24, 2.45) is 4.99 Å². The Bertz CT molecular complexity index is 564. The zero-order chi connectivity index (χ0) is 15.1. The van der Waals surface area contributed by atoms with Crippen molar-refractivity contribution in [2.45, 2.75) is 32.9 Å². The summed E-state index contributed by atoms with van der Waals surface area (Å²) < 4.78 is 2.04. The van der Waals surface area contributed by atoms with Crippen LogP contribution >= 0.6 is 35.3 Å². The number of hydrogen-bond acceptors (Lipinski definition) is 3. The zero-order valence-corrected chi connectivity index (χ0v) is 16.4. The van der Waals surface area contributed by atoms with E-state index in [2.05, 4.69) is 46.6 Å². The van der Waals surface area contributed by atoms with Crippen LogP contribution in [0.3, 0.4) is 0 Å². The van der Waals surface area contributed by atoms with Crippen LogP contribution in [-0.2, 0) is 13.0 Å². The van der Waals surface area contributed by atoms with Crippen LogP contribution in [0.5, 0.6) is 0 Å². The standard InChI is InChI=1S/C15H23N5S.HI/c1-12(10-14-5-4-13(2)21-14)19-15(16-3)18-7-9-20-8-6-17-11-20;/h4-6,8,11-12H,7,9-10H2,1-3H3,(H2,16,18,19);1H. The van der Waals surface area contributed by atoms with E-state index in [1.165, 1.54) is 9.75 Å². The molecule has 5 nitrogen and oxygen atoms in total. The first-order valence-electron chi connectivity index (χ1n) is 7.15. The van der Waals surface area contributed by atoms with E-state index in [4.69, 9.17) is 0 Å². The molecule has 0 saturated carbocycles. The molecule has 0 aliphatic carbocycles. The molecule has 22 heavy (non-hydrogen) atoms. The minimum Gasteiger partial charge on any atom is -0.355 e. The summed E-state index contributed by atoms with van der Waals surface area (Å²) in [5, 5.41) is 6.75. The van der Waals surface area contributed by atoms with Crippen molar-refractivity contribution in [3.05, 3.63) is 40.6 Å². The summed E-state index contributed by atoms with van der Waals surface area (Å²) in [7, 11) is 1.80. The summed E-state index contributed by atoms with van der Waals surface area (Å²) in [5.74, 6) is 0.843. The Balaban J connectivity index is 0.00000242. The monoisotopic (exact) mass is 433 g/mol. The van der Waals surface area contributed by atoms with Gasteiger partial charge in [-0.1, -0.05) is 0 Å². The number of aromatic nitrogens is 2. The van der Waals surface area contributed by atoms with Crippen LogP contribution < -0.4 is 10.6 Å². The number of nitrogens with zero attached hydrogens (tertiary/aromatic N) is 3. The number of halogens is 1. The number of thiophene rings is 1. The average molecular weight is 433 g/mol. The Morgan fingerprint density at radius 2 is 2.27 bits per heavy atom. The van der Waals surface area contributed by atoms with Gasteiger partial charge in [0.1, 0.15) is 0 Å². The highest BCUT2D eigenvalue weighted by Crippen LogP contribution is 2.16. The maximum Gasteiger partial charge on any atom is 0.191 e. The van der Waals surface area contributed by atoms with E-state index in [0.717, 1.165) is 25.5 Å². The van der Waals surface area contributed by atoms with Crippen molar-refractivity contribution in [1.29, 1.82) is 0 Å². The fourth-order valence-corrected chi connectivity index (χ4v) is 3.12. The van der Waals surface area contributed by atoms with Gasteiger partial charge >= 0.3 is 0 Å². The topological polar surface area (TPSA) is 54.2 Å². The predicted octanol–water partition coefficient (Wildman–Crippen LogP) is 2.67. The van der Waals surface area contributed by atoms with E-state index in [0.29, 0.717) is 6.04 Å². The van der Waals surface area contributed by atoms with Crippen LogP contribution in [0.15, 0.2) is 35.8 Å². The molecule has 2 aromatic rings. The molecule has 0 aliphatic heterocycles. The SMILES string of the molecule is CN=C(NCCn1ccnc1)NC(C)Cc1ccc(C)s1.I. The molecule has 0 bridgehead atoms. The van der Waals surface area contributed by atoms with Gasteiger partial charge in [-0.2, -0.15) is 0 Å². The summed E-state index contributed by atoms with van der Waals surface area (Å²) in [4.78, 5) is 11.1. The lowest BCUT2D eigenvalue weighted by atomic mass is 10.2. The third-order valence-electron chi connectivity index (χ3n) is 3.13. The van der Waals surface area contributed by atoms with Crippen molar-refractivity contribution in [1.82, 2.24) is 20.2 Å². The summed E-state index contributed by atoms with van der Waals surface area (Å²) in [6, 6.07) is 4.72. The minimum atomic E-state index is 0. The number of imidazole rings is 1. The molecule has 0 amide bonds. The van der Waals surface area contributed by atoms with Crippen LogP contribution in [-0.4, -0.2) is 35.1 Å². The maximum absolute atomic E-state index is 4.27. The molecule has 1 unspecified atom stereocenters. The van der Waals surface area contributed by atoms with E-state index in [1.807, 2.05) is 28.4 Å². The molecule has 0 radical (unpaired) electrons. The first-order valence-corrected chi connectivity index (χ1v) is 7.97. The second-order valence-corrected chi connectivity index (χ2v) is 6.43. The largest absolute Gasteiger partial charge is 0.355 e. The molecular weight excluding hydrogens is 409 g/mol. The van der Waals surface area contributed by atoms with E-state index < -0.39 is 0 Å². The highest BCUT2D eigenvalue weighted by Gasteiger charge is 2.07. The summed E-state index contributed by atoms with van der Waals surface area (Å²) >= 11 is 1.86. The average Bonchev–Trinajstić information content (AvgIpc) is 3.09. The highest BCUT2D eigenvalue weighted by molar-refractivity contribution is 14.0. The number of rotatable bonds is 6. The number of aliphatic imine (C=N–C) groups is 1. The minimum absolute atomic E-state index is 0. The molecule has 1 atom stereocenters. The second-order valence-electron chi connectivity index (χ2n) is 5.06. The number of nitrogens with one attached hydrogen (secondary N) is 2. The lowest BCUT2D eigenvalue weighted by molar-refractivity contribution is 0.623. The molecule has 0 saturated heterocycles. The van der Waals surface area contributed by atoms with Gasteiger partial charge in [-0.25, -0.2) is 4.98 Å². The van der Waals surface area contributed by atoms with E-state index in [1.54, 1.807) is 13.2 Å². The van der Waals surface area contributed by atoms with Crippen LogP contribution in [0.25, 0.3) is 0 Å². The van der Waals surface area contributed by atoms with Gasteiger partial charge in [0, 0.05) is 54.7 Å². The normalized spacial score (nSPS) is 12.6. The van der Waals surface area contributed by atoms with Gasteiger partial charge in [0.05, 0.1) is 6.33 Å². The fourth-order valence-electron chi connectivity index (χ4n) is 2.10. The first kappa shape index (κ1) is 19.0. The Morgan fingerprint density at radius 3 is 2.86 bits per heavy atom. The summed E-state index contributed by atoms with van der Waals surface area (Å²) in [6.07, 6.45) is 6.58. The zero-order valence-electron chi connectivity index (χ0n) is 13.2. The molecule has 0 aliphatic rings. The number of aryl methyl sites for hydroxylation is 1. The van der Waals surface area contributed by atoms with Gasteiger partial charge in [0.25, 0.3) is 0 Å². The van der Waals surface area contributed by atoms with E-state index >= 15 is 0 Å². The van der Waals surface area contributed by atoms with Gasteiger partial charge in [0.2, 0.25) is 0 Å². The quantitative estimate of drug-likeness (QED) is 0.419. The summed E-state index contributed by atoms with van der Waals surface area (Å²) in [6.45, 7) is 6.01. The molecule has 122 valence electrons. The fraction of sp³-hybridized carbons (Fsp3) is 0.467. The highest BCUT2D eigenvalue weighted by atomic mass is 127. The second kappa shape index (κ2) is 9.83. The first-order chi connectivity index (χ1) is 10.2. The van der Waals surface area contributed by atoms with Crippen LogP contribution in [0.1, 0.15) is 16.7 Å². The van der Waals surface area contributed by atoms with E-state index in [-0.39, 0.29) is 24.0 Å². The van der Waals surface area contributed by atoms with Crippen molar-refractivity contribution in [2.75, 3.05) is 13.6 Å². The third kappa shape index (κ3) is 6.35. The van der Waals surface area contributed by atoms with E-state index in [9.17, 15) is 0 Å². The Hall–Kier alpha value is -1.09. The molecule has 2 heterocycles. The van der Waals surface area contributed by atoms with Gasteiger partial charge in [0.15, 0.2) is 5.96 Å². The molecule has 0 fully saturated rings. The van der Waals surface area contributed by atoms with Crippen LogP contribution in [0.4, 0.5) is 0 Å². The van der Waals surface area contributed by atoms with Crippen molar-refractivity contribution < 1.29 is 0 Å². The van der Waals surface area contributed by atoms with Crippen molar-refractivity contribution in [3.8, 4) is 0 Å². The molecule has 7 heteroatoms. The molecule has 0 spiro atoms. The lowest BCUT2D eigenvalue weighted by Gasteiger charge is -2.17. The number of guanidine groups is 1. The third-order valence-corrected chi connectivity index (χ3v) is 4.15. The van der Waals surface area contributed by atoms with Crippen molar-refractivity contribution >= 4 is 41.3 Å². The number of hydrogen-bond donors (Lipinski definition) is 2. The Labute approximate surface area is 153 Å². The van der Waals surface area contributed by atoms with Gasteiger partial charge in [-0.15, -0.1) is 35.3 Å². The van der Waals surface area contributed by atoms with Gasteiger partial charge in [-0.3, -0.25) is 4.99 Å².